The van der Waals surface area contributed by atoms with Crippen LogP contribution in [0.3, 0.4) is 0 Å². The average Bonchev–Trinajstić information content (AvgIpc) is 2.74. The summed E-state index contributed by atoms with van der Waals surface area (Å²) in [4.78, 5) is 0. The van der Waals surface area contributed by atoms with Gasteiger partial charge in [0.05, 0.1) is 18.0 Å². The van der Waals surface area contributed by atoms with Crippen molar-refractivity contribution in [3.63, 3.8) is 0 Å². The van der Waals surface area contributed by atoms with Crippen LogP contribution in [0.2, 0.25) is 0 Å². The zero-order chi connectivity index (χ0) is 14.2. The third-order valence-electron chi connectivity index (χ3n) is 3.53. The van der Waals surface area contributed by atoms with E-state index < -0.39 is 34.5 Å². The van der Waals surface area contributed by atoms with Crippen molar-refractivity contribution in [1.82, 2.24) is 4.31 Å². The lowest BCUT2D eigenvalue weighted by Gasteiger charge is -2.25. The Morgan fingerprint density at radius 2 is 2.16 bits per heavy atom. The molecule has 2 fully saturated rings. The molecule has 2 rings (SSSR count). The number of nitrogens with zero attached hydrogens (tertiary/aromatic N) is 1. The maximum absolute atomic E-state index is 14.0. The molecule has 0 spiro atoms. The molecule has 0 aromatic carbocycles. The highest BCUT2D eigenvalue weighted by molar-refractivity contribution is 7.89. The van der Waals surface area contributed by atoms with Gasteiger partial charge < -0.3 is 9.47 Å². The fraction of sp³-hybridized carbons (Fsp3) is 1.00. The van der Waals surface area contributed by atoms with Crippen molar-refractivity contribution in [3.8, 4) is 0 Å². The van der Waals surface area contributed by atoms with Crippen molar-refractivity contribution >= 4 is 10.0 Å². The van der Waals surface area contributed by atoms with E-state index in [-0.39, 0.29) is 18.4 Å². The highest BCUT2D eigenvalue weighted by Gasteiger charge is 2.46. The Kier molecular flexibility index (Phi) is 4.49. The molecule has 2 saturated heterocycles. The summed E-state index contributed by atoms with van der Waals surface area (Å²) in [6.07, 6.45) is -2.48. The van der Waals surface area contributed by atoms with E-state index in [1.165, 1.54) is 4.31 Å². The van der Waals surface area contributed by atoms with Crippen LogP contribution in [0, 0.1) is 0 Å². The lowest BCUT2D eigenvalue weighted by molar-refractivity contribution is -0.0569. The molecule has 7 heteroatoms. The topological polar surface area (TPSA) is 55.8 Å². The van der Waals surface area contributed by atoms with Gasteiger partial charge in [0.1, 0.15) is 12.2 Å². The van der Waals surface area contributed by atoms with Crippen LogP contribution in [0.25, 0.3) is 0 Å². The van der Waals surface area contributed by atoms with Crippen molar-refractivity contribution in [3.05, 3.63) is 0 Å². The highest BCUT2D eigenvalue weighted by atomic mass is 32.2. The van der Waals surface area contributed by atoms with E-state index in [0.717, 1.165) is 0 Å². The number of halogens is 1. The molecule has 0 aromatic heterocycles. The van der Waals surface area contributed by atoms with Crippen molar-refractivity contribution in [2.45, 2.75) is 57.8 Å². The number of sulfonamides is 1. The second kappa shape index (κ2) is 5.63. The first-order valence-corrected chi connectivity index (χ1v) is 8.35. The second-order valence-corrected chi connectivity index (χ2v) is 7.59. The van der Waals surface area contributed by atoms with Crippen LogP contribution in [0.5, 0.6) is 0 Å². The summed E-state index contributed by atoms with van der Waals surface area (Å²) in [6.45, 7) is 5.99. The van der Waals surface area contributed by atoms with Gasteiger partial charge in [-0.1, -0.05) is 0 Å². The van der Waals surface area contributed by atoms with Gasteiger partial charge in [-0.2, -0.15) is 4.31 Å². The molecule has 2 aliphatic rings. The lowest BCUT2D eigenvalue weighted by Crippen LogP contribution is -2.42. The molecule has 0 aliphatic carbocycles. The third kappa shape index (κ3) is 3.26. The molecule has 5 nitrogen and oxygen atoms in total. The predicted octanol–water partition coefficient (Wildman–Crippen LogP) is 0.941. The highest BCUT2D eigenvalue weighted by Crippen LogP contribution is 2.29. The van der Waals surface area contributed by atoms with E-state index in [9.17, 15) is 12.8 Å². The molecule has 0 radical (unpaired) electrons. The van der Waals surface area contributed by atoms with Gasteiger partial charge in [-0.05, 0) is 27.2 Å². The Morgan fingerprint density at radius 3 is 2.68 bits per heavy atom. The smallest absolute Gasteiger partial charge is 0.214 e. The van der Waals surface area contributed by atoms with Gasteiger partial charge in [0.15, 0.2) is 6.17 Å². The van der Waals surface area contributed by atoms with Crippen LogP contribution in [0.1, 0.15) is 27.2 Å². The van der Waals surface area contributed by atoms with E-state index in [4.69, 9.17) is 9.47 Å². The largest absolute Gasteiger partial charge is 0.370 e. The zero-order valence-corrected chi connectivity index (χ0v) is 12.4. The third-order valence-corrected chi connectivity index (χ3v) is 5.46. The zero-order valence-electron chi connectivity index (χ0n) is 11.6. The first-order valence-electron chi connectivity index (χ1n) is 6.74. The van der Waals surface area contributed by atoms with Crippen LogP contribution < -0.4 is 0 Å². The Balaban J connectivity index is 2.05. The molecule has 19 heavy (non-hydrogen) atoms. The summed E-state index contributed by atoms with van der Waals surface area (Å²) in [7, 11) is -3.19. The van der Waals surface area contributed by atoms with Gasteiger partial charge in [-0.25, -0.2) is 12.8 Å². The molecular weight excluding hydrogens is 273 g/mol. The standard InChI is InChI=1S/C12H22FNO4S/c1-8(2)17-12-10(18-9(3)11(12)13)7-14-5-4-6-19(14,15)16/h8-12H,4-7H2,1-3H3/t9-,10+,11-,12+/m0/s1. The van der Waals surface area contributed by atoms with Crippen LogP contribution in [0.15, 0.2) is 0 Å². The van der Waals surface area contributed by atoms with Gasteiger partial charge in [0.25, 0.3) is 0 Å². The molecule has 112 valence electrons. The number of hydrogen-bond donors (Lipinski definition) is 0. The fourth-order valence-corrected chi connectivity index (χ4v) is 4.15. The minimum absolute atomic E-state index is 0.116. The predicted molar refractivity (Wildman–Crippen MR) is 69.2 cm³/mol. The molecule has 2 heterocycles. The van der Waals surface area contributed by atoms with Crippen molar-refractivity contribution in [2.24, 2.45) is 0 Å². The molecule has 2 aliphatic heterocycles. The number of hydrogen-bond acceptors (Lipinski definition) is 4. The minimum atomic E-state index is -3.19. The summed E-state index contributed by atoms with van der Waals surface area (Å²) in [5.41, 5.74) is 0. The first-order chi connectivity index (χ1) is 8.81. The summed E-state index contributed by atoms with van der Waals surface area (Å²) in [5.74, 6) is 0.171. The molecule has 0 unspecified atom stereocenters. The molecule has 4 atom stereocenters. The SMILES string of the molecule is CC(C)O[C@H]1[C@@H](F)[C@H](C)O[C@@H]1CN1CCCS1(=O)=O. The maximum Gasteiger partial charge on any atom is 0.214 e. The van der Waals surface area contributed by atoms with Crippen molar-refractivity contribution < 1.29 is 22.3 Å². The van der Waals surface area contributed by atoms with Crippen molar-refractivity contribution in [1.29, 1.82) is 0 Å². The molecular formula is C12H22FNO4S. The van der Waals surface area contributed by atoms with Gasteiger partial charge in [-0.15, -0.1) is 0 Å². The van der Waals surface area contributed by atoms with Gasteiger partial charge >= 0.3 is 0 Å². The van der Waals surface area contributed by atoms with Gasteiger partial charge in [0, 0.05) is 13.1 Å². The monoisotopic (exact) mass is 295 g/mol. The van der Waals surface area contributed by atoms with E-state index in [1.807, 2.05) is 13.8 Å². The number of ether oxygens (including phenoxy) is 2. The first kappa shape index (κ1) is 15.2. The lowest BCUT2D eigenvalue weighted by atomic mass is 10.1. The fourth-order valence-electron chi connectivity index (χ4n) is 2.62. The molecule has 0 saturated carbocycles. The quantitative estimate of drug-likeness (QED) is 0.774. The Morgan fingerprint density at radius 1 is 1.47 bits per heavy atom. The minimum Gasteiger partial charge on any atom is -0.370 e. The maximum atomic E-state index is 14.0. The second-order valence-electron chi connectivity index (χ2n) is 5.50. The summed E-state index contributed by atoms with van der Waals surface area (Å²) in [6, 6.07) is 0. The van der Waals surface area contributed by atoms with E-state index in [1.54, 1.807) is 6.92 Å². The van der Waals surface area contributed by atoms with Gasteiger partial charge in [-0.3, -0.25) is 0 Å². The molecule has 0 amide bonds. The van der Waals surface area contributed by atoms with Crippen molar-refractivity contribution in [2.75, 3.05) is 18.8 Å². The van der Waals surface area contributed by atoms with Crippen LogP contribution >= 0.6 is 0 Å². The number of rotatable bonds is 4. The average molecular weight is 295 g/mol. The van der Waals surface area contributed by atoms with Crippen LogP contribution in [-0.4, -0.2) is 62.2 Å². The summed E-state index contributed by atoms with van der Waals surface area (Å²) in [5, 5.41) is 0. The Labute approximate surface area is 114 Å². The van der Waals surface area contributed by atoms with E-state index >= 15 is 0 Å². The van der Waals surface area contributed by atoms with Crippen LogP contribution in [0.4, 0.5) is 4.39 Å². The number of alkyl halides is 1. The molecule has 0 N–H and O–H groups in total. The van der Waals surface area contributed by atoms with Gasteiger partial charge in [0.2, 0.25) is 10.0 Å². The summed E-state index contributed by atoms with van der Waals surface area (Å²) >= 11 is 0. The van der Waals surface area contributed by atoms with E-state index in [0.29, 0.717) is 13.0 Å². The Hall–Kier alpha value is -0.240. The van der Waals surface area contributed by atoms with Crippen LogP contribution in [-0.2, 0) is 19.5 Å². The molecule has 0 aromatic rings. The Bertz CT molecular complexity index is 414. The normalized spacial score (nSPS) is 39.2. The molecule has 0 bridgehead atoms. The van der Waals surface area contributed by atoms with E-state index in [2.05, 4.69) is 0 Å². The summed E-state index contributed by atoms with van der Waals surface area (Å²) < 4.78 is 50.1.